The Balaban J connectivity index is 1.47. The second-order valence-electron chi connectivity index (χ2n) is 5.74. The average molecular weight is 347 g/mol. The van der Waals surface area contributed by atoms with Gasteiger partial charge in [0.05, 0.1) is 6.20 Å². The number of nitrogens with zero attached hydrogens (tertiary/aromatic N) is 2. The quantitative estimate of drug-likeness (QED) is 0.797. The van der Waals surface area contributed by atoms with Crippen LogP contribution in [-0.4, -0.2) is 35.3 Å². The molecule has 0 aliphatic carbocycles. The molecule has 1 aromatic heterocycles. The van der Waals surface area contributed by atoms with Crippen LogP contribution in [0.3, 0.4) is 0 Å². The monoisotopic (exact) mass is 346 g/mol. The van der Waals surface area contributed by atoms with Gasteiger partial charge in [-0.1, -0.05) is 11.6 Å². The highest BCUT2D eigenvalue weighted by Crippen LogP contribution is 2.22. The number of carbonyl (C=O) groups is 1. The van der Waals surface area contributed by atoms with E-state index in [-0.39, 0.29) is 17.8 Å². The molecule has 24 heavy (non-hydrogen) atoms. The number of urea groups is 1. The molecule has 3 N–H and O–H groups in total. The maximum absolute atomic E-state index is 12.0. The van der Waals surface area contributed by atoms with Crippen LogP contribution in [0.2, 0.25) is 5.02 Å². The van der Waals surface area contributed by atoms with Crippen LogP contribution in [0.4, 0.5) is 16.3 Å². The molecule has 1 aliphatic heterocycles. The van der Waals surface area contributed by atoms with E-state index in [2.05, 4.69) is 20.5 Å². The van der Waals surface area contributed by atoms with E-state index < -0.39 is 0 Å². The number of nitrogens with one attached hydrogen (secondary N) is 2. The summed E-state index contributed by atoms with van der Waals surface area (Å²) in [6.07, 6.45) is 3.04. The van der Waals surface area contributed by atoms with Crippen molar-refractivity contribution in [2.45, 2.75) is 18.9 Å². The van der Waals surface area contributed by atoms with Crippen molar-refractivity contribution in [3.05, 3.63) is 47.6 Å². The third kappa shape index (κ3) is 4.29. The highest BCUT2D eigenvalue weighted by Gasteiger charge is 2.21. The number of benzene rings is 1. The lowest BCUT2D eigenvalue weighted by Crippen LogP contribution is -2.46. The van der Waals surface area contributed by atoms with Gasteiger partial charge in [0.1, 0.15) is 11.6 Å². The molecule has 2 amide bonds. The zero-order chi connectivity index (χ0) is 16.9. The normalized spacial score (nSPS) is 15.1. The summed E-state index contributed by atoms with van der Waals surface area (Å²) in [5.41, 5.74) is 1.15. The van der Waals surface area contributed by atoms with Crippen molar-refractivity contribution in [2.75, 3.05) is 23.3 Å². The summed E-state index contributed by atoms with van der Waals surface area (Å²) in [4.78, 5) is 18.2. The van der Waals surface area contributed by atoms with E-state index in [9.17, 15) is 9.90 Å². The molecule has 1 aliphatic rings. The van der Waals surface area contributed by atoms with Gasteiger partial charge < -0.3 is 15.3 Å². The Morgan fingerprint density at radius 1 is 1.17 bits per heavy atom. The molecule has 0 spiro atoms. The summed E-state index contributed by atoms with van der Waals surface area (Å²) in [6, 6.07) is 10.7. The Kier molecular flexibility index (Phi) is 5.05. The number of aromatic nitrogens is 1. The predicted octanol–water partition coefficient (Wildman–Crippen LogP) is 3.23. The first-order chi connectivity index (χ1) is 11.6. The number of piperidine rings is 1. The van der Waals surface area contributed by atoms with Gasteiger partial charge in [-0.3, -0.25) is 5.32 Å². The number of hydrogen-bond acceptors (Lipinski definition) is 4. The minimum atomic E-state index is -0.280. The Labute approximate surface area is 145 Å². The van der Waals surface area contributed by atoms with Crippen molar-refractivity contribution in [3.63, 3.8) is 0 Å². The number of anilines is 2. The molecule has 0 unspecified atom stereocenters. The first kappa shape index (κ1) is 16.4. The molecular formula is C17H19ClN4O2. The number of amides is 2. The first-order valence-corrected chi connectivity index (χ1v) is 8.21. The highest BCUT2D eigenvalue weighted by atomic mass is 35.5. The molecule has 6 nitrogen and oxygen atoms in total. The summed E-state index contributed by atoms with van der Waals surface area (Å²) in [6.45, 7) is 1.76. The largest absolute Gasteiger partial charge is 0.506 e. The topological polar surface area (TPSA) is 77.5 Å². The smallest absolute Gasteiger partial charge is 0.320 e. The molecule has 3 rings (SSSR count). The maximum atomic E-state index is 12.0. The molecule has 7 heteroatoms. The fraction of sp³-hybridized carbons (Fsp3) is 0.294. The number of rotatable bonds is 3. The van der Waals surface area contributed by atoms with Crippen LogP contribution < -0.4 is 15.5 Å². The van der Waals surface area contributed by atoms with Crippen molar-refractivity contribution in [3.8, 4) is 5.75 Å². The summed E-state index contributed by atoms with van der Waals surface area (Å²) in [7, 11) is 0. The highest BCUT2D eigenvalue weighted by molar-refractivity contribution is 6.30. The van der Waals surface area contributed by atoms with Crippen LogP contribution in [0.25, 0.3) is 0 Å². The van der Waals surface area contributed by atoms with E-state index >= 15 is 0 Å². The number of halogens is 1. The zero-order valence-corrected chi connectivity index (χ0v) is 13.8. The summed E-state index contributed by atoms with van der Waals surface area (Å²) in [5, 5.41) is 15.5. The SMILES string of the molecule is O=C(Nc1ccc(O)cn1)NC1CCN(c2ccc(Cl)cc2)CC1. The summed E-state index contributed by atoms with van der Waals surface area (Å²) in [5.74, 6) is 0.472. The van der Waals surface area contributed by atoms with Crippen LogP contribution >= 0.6 is 11.6 Å². The van der Waals surface area contributed by atoms with Crippen LogP contribution in [0.5, 0.6) is 5.75 Å². The molecule has 1 saturated heterocycles. The molecule has 0 bridgehead atoms. The zero-order valence-electron chi connectivity index (χ0n) is 13.1. The maximum Gasteiger partial charge on any atom is 0.320 e. The molecule has 0 radical (unpaired) electrons. The van der Waals surface area contributed by atoms with Crippen LogP contribution in [0.15, 0.2) is 42.6 Å². The summed E-state index contributed by atoms with van der Waals surface area (Å²) < 4.78 is 0. The van der Waals surface area contributed by atoms with Crippen LogP contribution in [-0.2, 0) is 0 Å². The third-order valence-electron chi connectivity index (χ3n) is 4.01. The van der Waals surface area contributed by atoms with E-state index in [4.69, 9.17) is 11.6 Å². The van der Waals surface area contributed by atoms with Crippen molar-refractivity contribution in [1.29, 1.82) is 0 Å². The molecule has 2 heterocycles. The van der Waals surface area contributed by atoms with E-state index in [1.807, 2.05) is 24.3 Å². The van der Waals surface area contributed by atoms with E-state index in [1.54, 1.807) is 6.07 Å². The standard InChI is InChI=1S/C17H19ClN4O2/c18-12-1-3-14(4-2-12)22-9-7-13(8-10-22)20-17(24)21-16-6-5-15(23)11-19-16/h1-6,11,13,23H,7-10H2,(H2,19,20,21,24). The van der Waals surface area contributed by atoms with Gasteiger partial charge in [0.2, 0.25) is 0 Å². The van der Waals surface area contributed by atoms with E-state index in [0.29, 0.717) is 5.82 Å². The number of hydrogen-bond donors (Lipinski definition) is 3. The Morgan fingerprint density at radius 3 is 2.50 bits per heavy atom. The third-order valence-corrected chi connectivity index (χ3v) is 4.26. The average Bonchev–Trinajstić information content (AvgIpc) is 2.58. The van der Waals surface area contributed by atoms with Gasteiger partial charge in [-0.15, -0.1) is 0 Å². The van der Waals surface area contributed by atoms with Crippen LogP contribution in [0, 0.1) is 0 Å². The lowest BCUT2D eigenvalue weighted by atomic mass is 10.0. The molecule has 126 valence electrons. The summed E-state index contributed by atoms with van der Waals surface area (Å²) >= 11 is 5.91. The van der Waals surface area contributed by atoms with Crippen LogP contribution in [0.1, 0.15) is 12.8 Å². The predicted molar refractivity (Wildman–Crippen MR) is 94.7 cm³/mol. The van der Waals surface area contributed by atoms with Gasteiger partial charge in [-0.25, -0.2) is 9.78 Å². The lowest BCUT2D eigenvalue weighted by molar-refractivity contribution is 0.246. The lowest BCUT2D eigenvalue weighted by Gasteiger charge is -2.34. The molecular weight excluding hydrogens is 328 g/mol. The van der Waals surface area contributed by atoms with Crippen molar-refractivity contribution >= 4 is 29.1 Å². The second kappa shape index (κ2) is 7.40. The van der Waals surface area contributed by atoms with E-state index in [1.165, 1.54) is 12.3 Å². The van der Waals surface area contributed by atoms with E-state index in [0.717, 1.165) is 36.6 Å². The molecule has 0 saturated carbocycles. The fourth-order valence-corrected chi connectivity index (χ4v) is 2.86. The number of carbonyl (C=O) groups excluding carboxylic acids is 1. The fourth-order valence-electron chi connectivity index (χ4n) is 2.73. The van der Waals surface area contributed by atoms with Crippen molar-refractivity contribution in [2.24, 2.45) is 0 Å². The Hall–Kier alpha value is -2.47. The number of aromatic hydroxyl groups is 1. The van der Waals surface area contributed by atoms with Gasteiger partial charge in [0.15, 0.2) is 0 Å². The Bertz CT molecular complexity index is 683. The molecule has 0 atom stereocenters. The molecule has 1 fully saturated rings. The second-order valence-corrected chi connectivity index (χ2v) is 6.17. The minimum absolute atomic E-state index is 0.0653. The van der Waals surface area contributed by atoms with Gasteiger partial charge >= 0.3 is 6.03 Å². The Morgan fingerprint density at radius 2 is 1.88 bits per heavy atom. The van der Waals surface area contributed by atoms with Crippen molar-refractivity contribution < 1.29 is 9.90 Å². The van der Waals surface area contributed by atoms with Crippen molar-refractivity contribution in [1.82, 2.24) is 10.3 Å². The van der Waals surface area contributed by atoms with Gasteiger partial charge in [0.25, 0.3) is 0 Å². The molecule has 1 aromatic carbocycles. The van der Waals surface area contributed by atoms with Gasteiger partial charge in [0, 0.05) is 29.8 Å². The minimum Gasteiger partial charge on any atom is -0.506 e. The van der Waals surface area contributed by atoms with Gasteiger partial charge in [-0.2, -0.15) is 0 Å². The van der Waals surface area contributed by atoms with Gasteiger partial charge in [-0.05, 0) is 49.2 Å². The number of pyridine rings is 1. The molecule has 2 aromatic rings. The first-order valence-electron chi connectivity index (χ1n) is 7.83.